The summed E-state index contributed by atoms with van der Waals surface area (Å²) in [5, 5.41) is 5.24. The number of imidazole rings is 1. The number of primary sulfonamides is 1. The first-order chi connectivity index (χ1) is 15.7. The van der Waals surface area contributed by atoms with Crippen LogP contribution in [0, 0.1) is 0 Å². The molecule has 0 radical (unpaired) electrons. The molecule has 0 unspecified atom stereocenters. The van der Waals surface area contributed by atoms with E-state index in [4.69, 9.17) is 24.1 Å². The third-order valence-electron chi connectivity index (χ3n) is 5.12. The summed E-state index contributed by atoms with van der Waals surface area (Å²) < 4.78 is 46.8. The zero-order valence-corrected chi connectivity index (χ0v) is 19.8. The number of methoxy groups -OCH3 is 3. The van der Waals surface area contributed by atoms with Crippen LogP contribution in [-0.2, 0) is 27.9 Å². The summed E-state index contributed by atoms with van der Waals surface area (Å²) in [5.41, 5.74) is 1.35. The second-order valence-corrected chi connectivity index (χ2v) is 8.75. The number of hydrogen-bond donors (Lipinski definition) is 1. The zero-order valence-electron chi connectivity index (χ0n) is 19.0. The van der Waals surface area contributed by atoms with Crippen molar-refractivity contribution >= 4 is 27.0 Å². The summed E-state index contributed by atoms with van der Waals surface area (Å²) in [4.78, 5) is 17.3. The number of unbranched alkanes of at least 4 members (excludes halogenated alkanes) is 1. The van der Waals surface area contributed by atoms with E-state index in [9.17, 15) is 13.2 Å². The van der Waals surface area contributed by atoms with Gasteiger partial charge in [-0.15, -0.1) is 0 Å². The van der Waals surface area contributed by atoms with Gasteiger partial charge in [0.1, 0.15) is 18.0 Å². The molecular weight excluding hydrogens is 450 g/mol. The number of sulfonamides is 1. The maximum atomic E-state index is 12.9. The van der Waals surface area contributed by atoms with Gasteiger partial charge in [-0.1, -0.05) is 13.3 Å². The van der Waals surface area contributed by atoms with Gasteiger partial charge in [0.2, 0.25) is 15.8 Å². The summed E-state index contributed by atoms with van der Waals surface area (Å²) >= 11 is 0. The van der Waals surface area contributed by atoms with Crippen molar-refractivity contribution in [2.75, 3.05) is 21.3 Å². The molecule has 0 saturated heterocycles. The van der Waals surface area contributed by atoms with Crippen molar-refractivity contribution < 1.29 is 32.2 Å². The molecule has 10 nitrogen and oxygen atoms in total. The average Bonchev–Trinajstić information content (AvgIpc) is 3.15. The van der Waals surface area contributed by atoms with Crippen molar-refractivity contribution in [2.45, 2.75) is 37.8 Å². The summed E-state index contributed by atoms with van der Waals surface area (Å²) in [5.74, 6) is 0.738. The normalized spacial score (nSPS) is 11.4. The van der Waals surface area contributed by atoms with Gasteiger partial charge in [-0.05, 0) is 36.8 Å². The Labute approximate surface area is 192 Å². The molecule has 0 amide bonds. The Kier molecular flexibility index (Phi) is 7.44. The fraction of sp³-hybridized carbons (Fsp3) is 0.364. The Hall–Kier alpha value is -3.31. The lowest BCUT2D eigenvalue weighted by Gasteiger charge is -2.15. The number of rotatable bonds is 10. The molecule has 0 fully saturated rings. The predicted molar refractivity (Wildman–Crippen MR) is 121 cm³/mol. The minimum atomic E-state index is -3.87. The van der Waals surface area contributed by atoms with Crippen LogP contribution in [0.25, 0.3) is 11.0 Å². The predicted octanol–water partition coefficient (Wildman–Crippen LogP) is 2.87. The molecule has 3 rings (SSSR count). The molecule has 0 spiro atoms. The topological polar surface area (TPSA) is 132 Å². The summed E-state index contributed by atoms with van der Waals surface area (Å²) in [6.07, 6.45) is 1.81. The number of hydrogen-bond acceptors (Lipinski definition) is 8. The van der Waals surface area contributed by atoms with Crippen molar-refractivity contribution in [3.8, 4) is 17.2 Å². The van der Waals surface area contributed by atoms with Crippen molar-refractivity contribution in [1.82, 2.24) is 9.55 Å². The Morgan fingerprint density at radius 1 is 1.06 bits per heavy atom. The largest absolute Gasteiger partial charge is 0.493 e. The molecule has 11 heteroatoms. The first kappa shape index (κ1) is 24.3. The van der Waals surface area contributed by atoms with Gasteiger partial charge in [0, 0.05) is 6.54 Å². The smallest absolute Gasteiger partial charge is 0.342 e. The van der Waals surface area contributed by atoms with Gasteiger partial charge in [-0.3, -0.25) is 0 Å². The first-order valence-electron chi connectivity index (χ1n) is 10.2. The Morgan fingerprint density at radius 2 is 1.79 bits per heavy atom. The molecule has 0 aliphatic heterocycles. The monoisotopic (exact) mass is 477 g/mol. The molecule has 1 aromatic heterocycles. The average molecular weight is 478 g/mol. The molecule has 0 bridgehead atoms. The molecule has 2 N–H and O–H groups in total. The maximum Gasteiger partial charge on any atom is 0.342 e. The third kappa shape index (κ3) is 5.04. The Balaban J connectivity index is 1.94. The molecule has 0 atom stereocenters. The summed E-state index contributed by atoms with van der Waals surface area (Å²) in [7, 11) is 0.480. The fourth-order valence-electron chi connectivity index (χ4n) is 3.48. The fourth-order valence-corrected chi connectivity index (χ4v) is 4.02. The number of aromatic nitrogens is 2. The van der Waals surface area contributed by atoms with Crippen LogP contribution in [0.3, 0.4) is 0 Å². The van der Waals surface area contributed by atoms with Crippen LogP contribution in [0.1, 0.15) is 35.9 Å². The Bertz CT molecular complexity index is 1270. The number of nitrogens with two attached hydrogens (primary N) is 1. The maximum absolute atomic E-state index is 12.9. The quantitative estimate of drug-likeness (QED) is 0.441. The number of nitrogens with zero attached hydrogens (tertiary/aromatic N) is 2. The van der Waals surface area contributed by atoms with Gasteiger partial charge in [0.05, 0.1) is 37.3 Å². The lowest BCUT2D eigenvalue weighted by Crippen LogP contribution is -2.12. The third-order valence-corrected chi connectivity index (χ3v) is 6.03. The van der Waals surface area contributed by atoms with Crippen molar-refractivity contribution in [1.29, 1.82) is 0 Å². The van der Waals surface area contributed by atoms with Gasteiger partial charge in [-0.2, -0.15) is 0 Å². The Morgan fingerprint density at radius 3 is 2.39 bits per heavy atom. The lowest BCUT2D eigenvalue weighted by atomic mass is 10.1. The van der Waals surface area contributed by atoms with Crippen LogP contribution in [0.4, 0.5) is 0 Å². The first-order valence-corrected chi connectivity index (χ1v) is 11.8. The zero-order chi connectivity index (χ0) is 24.2. The summed E-state index contributed by atoms with van der Waals surface area (Å²) in [6.45, 7) is 2.56. The van der Waals surface area contributed by atoms with E-state index in [0.29, 0.717) is 23.6 Å². The van der Waals surface area contributed by atoms with Gasteiger partial charge < -0.3 is 23.5 Å². The number of carbonyl (C=O) groups is 1. The van der Waals surface area contributed by atoms with Crippen LogP contribution in [0.5, 0.6) is 17.2 Å². The van der Waals surface area contributed by atoms with E-state index in [-0.39, 0.29) is 28.6 Å². The van der Waals surface area contributed by atoms with E-state index in [1.165, 1.54) is 39.5 Å². The van der Waals surface area contributed by atoms with E-state index >= 15 is 0 Å². The second kappa shape index (κ2) is 10.1. The summed E-state index contributed by atoms with van der Waals surface area (Å²) in [6, 6.07) is 7.62. The minimum Gasteiger partial charge on any atom is -0.493 e. The van der Waals surface area contributed by atoms with Crippen LogP contribution in [-0.4, -0.2) is 45.3 Å². The number of aryl methyl sites for hydroxylation is 1. The van der Waals surface area contributed by atoms with Crippen LogP contribution < -0.4 is 19.3 Å². The van der Waals surface area contributed by atoms with E-state index in [0.717, 1.165) is 18.4 Å². The molecule has 33 heavy (non-hydrogen) atoms. The van der Waals surface area contributed by atoms with Gasteiger partial charge >= 0.3 is 5.97 Å². The number of carbonyl (C=O) groups excluding carboxylic acids is 1. The number of benzene rings is 2. The molecule has 0 aliphatic carbocycles. The van der Waals surface area contributed by atoms with Crippen LogP contribution in [0.15, 0.2) is 35.2 Å². The van der Waals surface area contributed by atoms with Crippen LogP contribution in [0.2, 0.25) is 0 Å². The molecule has 3 aromatic rings. The van der Waals surface area contributed by atoms with Crippen molar-refractivity contribution in [3.63, 3.8) is 0 Å². The highest BCUT2D eigenvalue weighted by atomic mass is 32.2. The highest BCUT2D eigenvalue weighted by molar-refractivity contribution is 7.89. The molecular formula is C22H27N3O7S. The standard InChI is InChI=1S/C22H27N3O7S/c1-5-6-11-25-17-9-7-14(33(23,27)28)12-16(17)24-19(25)13-32-22(26)15-8-10-18(29-2)21(31-4)20(15)30-3/h7-10,12H,5-6,11,13H2,1-4H3,(H2,23,27,28). The van der Waals surface area contributed by atoms with E-state index in [2.05, 4.69) is 11.9 Å². The highest BCUT2D eigenvalue weighted by Crippen LogP contribution is 2.40. The minimum absolute atomic E-state index is 0.0336. The number of esters is 1. The van der Waals surface area contributed by atoms with Crippen LogP contribution >= 0.6 is 0 Å². The van der Waals surface area contributed by atoms with E-state index in [1.807, 2.05) is 4.57 Å². The SMILES string of the molecule is CCCCn1c(COC(=O)c2ccc(OC)c(OC)c2OC)nc2cc(S(N)(=O)=O)ccc21. The van der Waals surface area contributed by atoms with E-state index in [1.54, 1.807) is 12.1 Å². The number of ether oxygens (including phenoxy) is 4. The van der Waals surface area contributed by atoms with Gasteiger partial charge in [-0.25, -0.2) is 23.3 Å². The van der Waals surface area contributed by atoms with Crippen molar-refractivity contribution in [2.24, 2.45) is 5.14 Å². The van der Waals surface area contributed by atoms with E-state index < -0.39 is 16.0 Å². The molecule has 2 aromatic carbocycles. The molecule has 178 valence electrons. The van der Waals surface area contributed by atoms with Crippen molar-refractivity contribution in [3.05, 3.63) is 41.7 Å². The number of fused-ring (bicyclic) bond motifs is 1. The van der Waals surface area contributed by atoms with Gasteiger partial charge in [0.25, 0.3) is 0 Å². The van der Waals surface area contributed by atoms with Gasteiger partial charge in [0.15, 0.2) is 11.5 Å². The highest BCUT2D eigenvalue weighted by Gasteiger charge is 2.23. The lowest BCUT2D eigenvalue weighted by molar-refractivity contribution is 0.0454. The molecule has 1 heterocycles. The molecule has 0 aliphatic rings. The molecule has 0 saturated carbocycles. The second-order valence-electron chi connectivity index (χ2n) is 7.19.